The van der Waals surface area contributed by atoms with Crippen molar-refractivity contribution in [2.45, 2.75) is 13.0 Å². The molecule has 0 aliphatic rings. The molecule has 0 fully saturated rings. The molecule has 1 N–H and O–H groups in total. The fraction of sp³-hybridized carbons (Fsp3) is 0.500. The number of hydrogen-bond donors (Lipinski definition) is 1. The monoisotopic (exact) mass is 130 g/mol. The summed E-state index contributed by atoms with van der Waals surface area (Å²) in [7, 11) is 1.52. The first kappa shape index (κ1) is 8.17. The van der Waals surface area contributed by atoms with Gasteiger partial charge in [-0.3, -0.25) is 0 Å². The summed E-state index contributed by atoms with van der Waals surface area (Å²) in [6.07, 6.45) is 2.41. The third-order valence-corrected chi connectivity index (χ3v) is 0.882. The van der Waals surface area contributed by atoms with Crippen LogP contribution in [0.25, 0.3) is 0 Å². The van der Waals surface area contributed by atoms with E-state index in [2.05, 4.69) is 0 Å². The lowest BCUT2D eigenvalue weighted by molar-refractivity contribution is -0.131. The molecule has 0 heterocycles. The Balaban J connectivity index is 3.56. The molecule has 0 rings (SSSR count). The second-order valence-electron chi connectivity index (χ2n) is 1.64. The molecule has 3 nitrogen and oxygen atoms in total. The number of carbonyl (C=O) groups is 1. The summed E-state index contributed by atoms with van der Waals surface area (Å²) in [5.41, 5.74) is 0. The van der Waals surface area contributed by atoms with Gasteiger partial charge in [0.2, 0.25) is 0 Å². The molecule has 0 radical (unpaired) electrons. The van der Waals surface area contributed by atoms with E-state index >= 15 is 0 Å². The number of rotatable bonds is 3. The van der Waals surface area contributed by atoms with Gasteiger partial charge in [0.25, 0.3) is 0 Å². The van der Waals surface area contributed by atoms with Crippen LogP contribution in [0.5, 0.6) is 0 Å². The average Bonchev–Trinajstić information content (AvgIpc) is 1.83. The normalized spacial score (nSPS) is 14.0. The van der Waals surface area contributed by atoms with Crippen LogP contribution in [0.4, 0.5) is 0 Å². The van der Waals surface area contributed by atoms with Crippen molar-refractivity contribution in [2.75, 3.05) is 7.11 Å². The van der Waals surface area contributed by atoms with Crippen LogP contribution in [0.3, 0.4) is 0 Å². The van der Waals surface area contributed by atoms with Gasteiger partial charge in [0.05, 0.1) is 6.10 Å². The molecule has 9 heavy (non-hydrogen) atoms. The highest BCUT2D eigenvalue weighted by molar-refractivity contribution is 5.79. The van der Waals surface area contributed by atoms with Crippen LogP contribution >= 0.6 is 0 Å². The van der Waals surface area contributed by atoms with Crippen molar-refractivity contribution in [1.82, 2.24) is 0 Å². The predicted octanol–water partition coefficient (Wildman–Crippen LogP) is 0.662. The minimum absolute atomic E-state index is 0.124. The fourth-order valence-corrected chi connectivity index (χ4v) is 0.296. The lowest BCUT2D eigenvalue weighted by Gasteiger charge is -1.98. The average molecular weight is 130 g/mol. The SMILES string of the molecule is COC(C)C=CC(=O)O. The Morgan fingerprint density at radius 3 is 2.67 bits per heavy atom. The van der Waals surface area contributed by atoms with Gasteiger partial charge in [0.1, 0.15) is 0 Å². The van der Waals surface area contributed by atoms with E-state index in [0.29, 0.717) is 0 Å². The Hall–Kier alpha value is -0.830. The molecule has 0 bridgehead atoms. The van der Waals surface area contributed by atoms with Crippen molar-refractivity contribution in [3.05, 3.63) is 12.2 Å². The molecule has 0 saturated carbocycles. The summed E-state index contributed by atoms with van der Waals surface area (Å²) in [6.45, 7) is 1.76. The zero-order valence-corrected chi connectivity index (χ0v) is 5.50. The highest BCUT2D eigenvalue weighted by Crippen LogP contribution is 1.88. The van der Waals surface area contributed by atoms with Crippen molar-refractivity contribution in [1.29, 1.82) is 0 Å². The van der Waals surface area contributed by atoms with E-state index in [1.165, 1.54) is 13.2 Å². The summed E-state index contributed by atoms with van der Waals surface area (Å²) in [6, 6.07) is 0. The predicted molar refractivity (Wildman–Crippen MR) is 33.2 cm³/mol. The molecule has 3 heteroatoms. The third kappa shape index (κ3) is 5.03. The van der Waals surface area contributed by atoms with Gasteiger partial charge in [-0.1, -0.05) is 0 Å². The smallest absolute Gasteiger partial charge is 0.328 e. The Kier molecular flexibility index (Phi) is 3.71. The van der Waals surface area contributed by atoms with Gasteiger partial charge in [-0.15, -0.1) is 0 Å². The maximum absolute atomic E-state index is 9.88. The Bertz CT molecular complexity index is 117. The van der Waals surface area contributed by atoms with Crippen LogP contribution in [-0.2, 0) is 9.53 Å². The lowest BCUT2D eigenvalue weighted by atomic mass is 10.3. The van der Waals surface area contributed by atoms with Gasteiger partial charge in [0.15, 0.2) is 0 Å². The van der Waals surface area contributed by atoms with E-state index in [4.69, 9.17) is 9.84 Å². The minimum Gasteiger partial charge on any atom is -0.478 e. The second-order valence-corrected chi connectivity index (χ2v) is 1.64. The zero-order chi connectivity index (χ0) is 7.28. The Labute approximate surface area is 53.9 Å². The molecule has 0 aliphatic heterocycles. The quantitative estimate of drug-likeness (QED) is 0.571. The van der Waals surface area contributed by atoms with E-state index < -0.39 is 5.97 Å². The van der Waals surface area contributed by atoms with E-state index in [0.717, 1.165) is 6.08 Å². The van der Waals surface area contributed by atoms with Crippen LogP contribution in [0.2, 0.25) is 0 Å². The lowest BCUT2D eigenvalue weighted by Crippen LogP contribution is -2.00. The summed E-state index contributed by atoms with van der Waals surface area (Å²) in [5, 5.41) is 8.12. The molecule has 0 aromatic heterocycles. The van der Waals surface area contributed by atoms with Gasteiger partial charge < -0.3 is 9.84 Å². The molecular formula is C6H10O3. The Morgan fingerprint density at radius 2 is 2.33 bits per heavy atom. The molecule has 0 aromatic carbocycles. The van der Waals surface area contributed by atoms with E-state index in [9.17, 15) is 4.79 Å². The number of hydrogen-bond acceptors (Lipinski definition) is 2. The maximum Gasteiger partial charge on any atom is 0.328 e. The number of carboxylic acid groups (broad SMARTS) is 1. The highest BCUT2D eigenvalue weighted by atomic mass is 16.5. The maximum atomic E-state index is 9.88. The van der Waals surface area contributed by atoms with Gasteiger partial charge in [0, 0.05) is 13.2 Å². The standard InChI is InChI=1S/C6H10O3/c1-5(9-2)3-4-6(7)8/h3-5H,1-2H3,(H,7,8). The van der Waals surface area contributed by atoms with Crippen LogP contribution < -0.4 is 0 Å². The van der Waals surface area contributed by atoms with Crippen molar-refractivity contribution < 1.29 is 14.6 Å². The largest absolute Gasteiger partial charge is 0.478 e. The molecule has 0 saturated heterocycles. The summed E-state index contributed by atoms with van der Waals surface area (Å²) < 4.78 is 4.75. The summed E-state index contributed by atoms with van der Waals surface area (Å²) >= 11 is 0. The van der Waals surface area contributed by atoms with Crippen molar-refractivity contribution in [3.63, 3.8) is 0 Å². The number of ether oxygens (including phenoxy) is 1. The number of aliphatic carboxylic acids is 1. The first-order valence-corrected chi connectivity index (χ1v) is 2.60. The van der Waals surface area contributed by atoms with E-state index in [1.807, 2.05) is 0 Å². The van der Waals surface area contributed by atoms with Crippen LogP contribution in [-0.4, -0.2) is 24.3 Å². The molecule has 1 unspecified atom stereocenters. The zero-order valence-electron chi connectivity index (χ0n) is 5.50. The molecule has 0 aromatic rings. The van der Waals surface area contributed by atoms with Gasteiger partial charge in [-0.05, 0) is 13.0 Å². The molecule has 0 spiro atoms. The van der Waals surface area contributed by atoms with Crippen LogP contribution in [0, 0.1) is 0 Å². The number of methoxy groups -OCH3 is 1. The molecule has 0 amide bonds. The van der Waals surface area contributed by atoms with Crippen molar-refractivity contribution in [3.8, 4) is 0 Å². The molecular weight excluding hydrogens is 120 g/mol. The van der Waals surface area contributed by atoms with Gasteiger partial charge in [-0.2, -0.15) is 0 Å². The van der Waals surface area contributed by atoms with Gasteiger partial charge >= 0.3 is 5.97 Å². The second kappa shape index (κ2) is 4.09. The van der Waals surface area contributed by atoms with Gasteiger partial charge in [-0.25, -0.2) is 4.79 Å². The third-order valence-electron chi connectivity index (χ3n) is 0.882. The van der Waals surface area contributed by atoms with Crippen molar-refractivity contribution >= 4 is 5.97 Å². The van der Waals surface area contributed by atoms with Crippen LogP contribution in [0.15, 0.2) is 12.2 Å². The molecule has 0 aliphatic carbocycles. The topological polar surface area (TPSA) is 46.5 Å². The van der Waals surface area contributed by atoms with Crippen LogP contribution in [0.1, 0.15) is 6.92 Å². The Morgan fingerprint density at radius 1 is 1.78 bits per heavy atom. The summed E-state index contributed by atoms with van der Waals surface area (Å²) in [5.74, 6) is -0.945. The fourth-order valence-electron chi connectivity index (χ4n) is 0.296. The molecule has 1 atom stereocenters. The highest BCUT2D eigenvalue weighted by Gasteiger charge is 1.91. The first-order chi connectivity index (χ1) is 4.16. The summed E-state index contributed by atoms with van der Waals surface area (Å²) in [4.78, 5) is 9.88. The first-order valence-electron chi connectivity index (χ1n) is 2.60. The van der Waals surface area contributed by atoms with E-state index in [-0.39, 0.29) is 6.10 Å². The van der Waals surface area contributed by atoms with E-state index in [1.54, 1.807) is 6.92 Å². The molecule has 52 valence electrons. The van der Waals surface area contributed by atoms with Crippen molar-refractivity contribution in [2.24, 2.45) is 0 Å². The minimum atomic E-state index is -0.945. The number of carboxylic acids is 1.